The van der Waals surface area contributed by atoms with E-state index < -0.39 is 0 Å². The molecule has 7 nitrogen and oxygen atoms in total. The molecule has 3 rings (SSSR count). The van der Waals surface area contributed by atoms with Crippen molar-refractivity contribution in [3.8, 4) is 0 Å². The Balaban J connectivity index is 1.78. The van der Waals surface area contributed by atoms with Gasteiger partial charge in [0.25, 0.3) is 5.56 Å². The highest BCUT2D eigenvalue weighted by Crippen LogP contribution is 2.22. The second-order valence-corrected chi connectivity index (χ2v) is 5.07. The van der Waals surface area contributed by atoms with Crippen molar-refractivity contribution >= 4 is 11.5 Å². The third-order valence-electron chi connectivity index (χ3n) is 3.59. The van der Waals surface area contributed by atoms with E-state index >= 15 is 0 Å². The molecule has 1 atom stereocenters. The first kappa shape index (κ1) is 12.4. The van der Waals surface area contributed by atoms with Crippen LogP contribution in [0.1, 0.15) is 12.8 Å². The van der Waals surface area contributed by atoms with Crippen LogP contribution < -0.4 is 21.5 Å². The number of hydrogen-bond donors (Lipinski definition) is 3. The van der Waals surface area contributed by atoms with Crippen molar-refractivity contribution in [3.63, 3.8) is 0 Å². The standard InChI is InChI=1S/C12H19N5O2/c13-10-11(15-7-16-12(10)18)17-3-4-19-6-9(17)5-14-8-1-2-8/h7-9,14H,1-6,13H2,(H,15,16,18). The topological polar surface area (TPSA) is 96.3 Å². The van der Waals surface area contributed by atoms with E-state index in [1.54, 1.807) is 0 Å². The molecule has 1 saturated carbocycles. The molecule has 0 spiro atoms. The minimum absolute atomic E-state index is 0.172. The van der Waals surface area contributed by atoms with Gasteiger partial charge in [-0.05, 0) is 12.8 Å². The van der Waals surface area contributed by atoms with Crippen LogP contribution in [0.15, 0.2) is 11.1 Å². The normalized spacial score (nSPS) is 23.6. The number of anilines is 2. The lowest BCUT2D eigenvalue weighted by atomic mass is 10.2. The van der Waals surface area contributed by atoms with Crippen LogP contribution in [-0.4, -0.2) is 48.4 Å². The lowest BCUT2D eigenvalue weighted by Crippen LogP contribution is -2.51. The number of nitrogens with zero attached hydrogens (tertiary/aromatic N) is 2. The lowest BCUT2D eigenvalue weighted by Gasteiger charge is -2.37. The fraction of sp³-hybridized carbons (Fsp3) is 0.667. The second-order valence-electron chi connectivity index (χ2n) is 5.07. The maximum absolute atomic E-state index is 11.6. The second kappa shape index (κ2) is 5.18. The average Bonchev–Trinajstić information content (AvgIpc) is 3.24. The molecule has 1 aromatic heterocycles. The van der Waals surface area contributed by atoms with E-state index in [0.717, 1.165) is 6.54 Å². The van der Waals surface area contributed by atoms with Crippen molar-refractivity contribution in [1.82, 2.24) is 15.3 Å². The Morgan fingerprint density at radius 2 is 2.42 bits per heavy atom. The molecule has 7 heteroatoms. The van der Waals surface area contributed by atoms with Gasteiger partial charge < -0.3 is 25.7 Å². The van der Waals surface area contributed by atoms with Gasteiger partial charge in [-0.25, -0.2) is 4.98 Å². The summed E-state index contributed by atoms with van der Waals surface area (Å²) in [7, 11) is 0. The van der Waals surface area contributed by atoms with Gasteiger partial charge in [0, 0.05) is 19.1 Å². The maximum Gasteiger partial charge on any atom is 0.276 e. The van der Waals surface area contributed by atoms with Crippen LogP contribution in [0.4, 0.5) is 11.5 Å². The van der Waals surface area contributed by atoms with E-state index in [1.807, 2.05) is 0 Å². The molecule has 0 aromatic carbocycles. The summed E-state index contributed by atoms with van der Waals surface area (Å²) in [5, 5.41) is 3.48. The summed E-state index contributed by atoms with van der Waals surface area (Å²) < 4.78 is 5.52. The predicted octanol–water partition coefficient (Wildman–Crippen LogP) is -0.691. The van der Waals surface area contributed by atoms with Gasteiger partial charge in [-0.2, -0.15) is 0 Å². The zero-order chi connectivity index (χ0) is 13.2. The molecular formula is C12H19N5O2. The van der Waals surface area contributed by atoms with E-state index in [-0.39, 0.29) is 17.3 Å². The maximum atomic E-state index is 11.6. The number of hydrogen-bond acceptors (Lipinski definition) is 6. The monoisotopic (exact) mass is 265 g/mol. The van der Waals surface area contributed by atoms with Crippen molar-refractivity contribution in [3.05, 3.63) is 16.7 Å². The van der Waals surface area contributed by atoms with Crippen molar-refractivity contribution in [2.75, 3.05) is 36.9 Å². The predicted molar refractivity (Wildman–Crippen MR) is 72.2 cm³/mol. The summed E-state index contributed by atoms with van der Waals surface area (Å²) in [5.41, 5.74) is 5.73. The molecule has 0 bridgehead atoms. The fourth-order valence-electron chi connectivity index (χ4n) is 2.32. The first-order chi connectivity index (χ1) is 9.25. The molecule has 1 aromatic rings. The molecule has 0 amide bonds. The van der Waals surface area contributed by atoms with Crippen molar-refractivity contribution in [2.45, 2.75) is 24.9 Å². The summed E-state index contributed by atoms with van der Waals surface area (Å²) in [6.07, 6.45) is 3.90. The van der Waals surface area contributed by atoms with E-state index in [9.17, 15) is 4.79 Å². The quantitative estimate of drug-likeness (QED) is 0.667. The Labute approximate surface area is 111 Å². The van der Waals surface area contributed by atoms with Gasteiger partial charge in [0.2, 0.25) is 0 Å². The van der Waals surface area contributed by atoms with E-state index in [0.29, 0.717) is 31.6 Å². The molecule has 2 fully saturated rings. The molecule has 1 saturated heterocycles. The number of nitrogens with two attached hydrogens (primary N) is 1. The molecule has 19 heavy (non-hydrogen) atoms. The van der Waals surface area contributed by atoms with Crippen LogP contribution in [0.3, 0.4) is 0 Å². The Morgan fingerprint density at radius 3 is 3.21 bits per heavy atom. The summed E-state index contributed by atoms with van der Waals surface area (Å²) in [5.74, 6) is 0.564. The van der Waals surface area contributed by atoms with Gasteiger partial charge in [0.1, 0.15) is 5.69 Å². The molecule has 4 N–H and O–H groups in total. The first-order valence-electron chi connectivity index (χ1n) is 6.66. The van der Waals surface area contributed by atoms with Gasteiger partial charge in [0.05, 0.1) is 25.6 Å². The molecular weight excluding hydrogens is 246 g/mol. The van der Waals surface area contributed by atoms with Crippen LogP contribution >= 0.6 is 0 Å². The third-order valence-corrected chi connectivity index (χ3v) is 3.59. The highest BCUT2D eigenvalue weighted by atomic mass is 16.5. The molecule has 2 aliphatic rings. The molecule has 1 unspecified atom stereocenters. The largest absolute Gasteiger partial charge is 0.391 e. The SMILES string of the molecule is Nc1c(N2CCOCC2CNC2CC2)nc[nH]c1=O. The third kappa shape index (κ3) is 2.71. The van der Waals surface area contributed by atoms with E-state index in [2.05, 4.69) is 20.2 Å². The Morgan fingerprint density at radius 1 is 1.58 bits per heavy atom. The highest BCUT2D eigenvalue weighted by Gasteiger charge is 2.29. The molecule has 104 valence electrons. The summed E-state index contributed by atoms with van der Waals surface area (Å²) in [6.45, 7) is 2.80. The number of H-pyrrole nitrogens is 1. The zero-order valence-corrected chi connectivity index (χ0v) is 10.8. The van der Waals surface area contributed by atoms with Crippen LogP contribution in [0.2, 0.25) is 0 Å². The summed E-state index contributed by atoms with van der Waals surface area (Å²) in [6, 6.07) is 0.819. The van der Waals surface area contributed by atoms with E-state index in [1.165, 1.54) is 19.2 Å². The van der Waals surface area contributed by atoms with Gasteiger partial charge in [-0.1, -0.05) is 0 Å². The number of rotatable bonds is 4. The Bertz CT molecular complexity index is 499. The molecule has 1 aliphatic heterocycles. The number of nitrogen functional groups attached to an aromatic ring is 1. The van der Waals surface area contributed by atoms with E-state index in [4.69, 9.17) is 10.5 Å². The lowest BCUT2D eigenvalue weighted by molar-refractivity contribution is 0.0933. The number of ether oxygens (including phenoxy) is 1. The van der Waals surface area contributed by atoms with Crippen molar-refractivity contribution in [2.24, 2.45) is 0 Å². The Hall–Kier alpha value is -1.60. The summed E-state index contributed by atoms with van der Waals surface area (Å²) in [4.78, 5) is 20.4. The number of aromatic amines is 1. The average molecular weight is 265 g/mol. The van der Waals surface area contributed by atoms with Crippen LogP contribution in [0.5, 0.6) is 0 Å². The molecule has 0 radical (unpaired) electrons. The van der Waals surface area contributed by atoms with Crippen molar-refractivity contribution < 1.29 is 4.74 Å². The van der Waals surface area contributed by atoms with Gasteiger partial charge in [0.15, 0.2) is 5.82 Å². The van der Waals surface area contributed by atoms with Crippen LogP contribution in [0.25, 0.3) is 0 Å². The fourth-order valence-corrected chi connectivity index (χ4v) is 2.32. The molecule has 1 aliphatic carbocycles. The first-order valence-corrected chi connectivity index (χ1v) is 6.66. The highest BCUT2D eigenvalue weighted by molar-refractivity contribution is 5.61. The van der Waals surface area contributed by atoms with Gasteiger partial charge >= 0.3 is 0 Å². The van der Waals surface area contributed by atoms with Gasteiger partial charge in [-0.3, -0.25) is 4.79 Å². The van der Waals surface area contributed by atoms with Crippen molar-refractivity contribution in [1.29, 1.82) is 0 Å². The zero-order valence-electron chi connectivity index (χ0n) is 10.8. The van der Waals surface area contributed by atoms with Crippen LogP contribution in [-0.2, 0) is 4.74 Å². The van der Waals surface area contributed by atoms with Crippen LogP contribution in [0, 0.1) is 0 Å². The summed E-state index contributed by atoms with van der Waals surface area (Å²) >= 11 is 0. The minimum atomic E-state index is -0.287. The minimum Gasteiger partial charge on any atom is -0.391 e. The molecule has 2 heterocycles. The number of morpholine rings is 1. The number of nitrogens with one attached hydrogen (secondary N) is 2. The number of aromatic nitrogens is 2. The Kier molecular flexibility index (Phi) is 3.39. The smallest absolute Gasteiger partial charge is 0.276 e. The van der Waals surface area contributed by atoms with Gasteiger partial charge in [-0.15, -0.1) is 0 Å².